The Bertz CT molecular complexity index is 516. The normalized spacial score (nSPS) is 16.3. The Morgan fingerprint density at radius 1 is 1.16 bits per heavy atom. The molecule has 1 aromatic rings. The quantitative estimate of drug-likeness (QED) is 0.804. The largest absolute Gasteiger partial charge is 0.216 e. The summed E-state index contributed by atoms with van der Waals surface area (Å²) >= 11 is 0. The van der Waals surface area contributed by atoms with E-state index in [9.17, 15) is 8.42 Å². The number of rotatable bonds is 6. The van der Waals surface area contributed by atoms with Gasteiger partial charge in [-0.2, -0.15) is 4.31 Å². The second-order valence-corrected chi connectivity index (χ2v) is 7.98. The Morgan fingerprint density at radius 2 is 1.68 bits per heavy atom. The van der Waals surface area contributed by atoms with E-state index in [0.29, 0.717) is 6.54 Å². The molecule has 0 N–H and O–H groups in total. The molecule has 0 spiro atoms. The van der Waals surface area contributed by atoms with Crippen LogP contribution < -0.4 is 0 Å². The van der Waals surface area contributed by atoms with Crippen molar-refractivity contribution in [3.8, 4) is 0 Å². The van der Waals surface area contributed by atoms with Crippen LogP contribution in [0.2, 0.25) is 0 Å². The summed E-state index contributed by atoms with van der Waals surface area (Å²) in [7, 11) is -3.16. The molecule has 0 amide bonds. The summed E-state index contributed by atoms with van der Waals surface area (Å²) in [4.78, 5) is 0. The lowest BCUT2D eigenvalue weighted by molar-refractivity contribution is 0.394. The van der Waals surface area contributed by atoms with Crippen molar-refractivity contribution in [2.24, 2.45) is 0 Å². The van der Waals surface area contributed by atoms with E-state index in [-0.39, 0.29) is 11.3 Å². The van der Waals surface area contributed by atoms with Crippen LogP contribution in [0.15, 0.2) is 24.3 Å². The number of hydrogen-bond acceptors (Lipinski definition) is 2. The Balaban J connectivity index is 2.17. The molecule has 1 saturated carbocycles. The molecule has 1 aliphatic carbocycles. The van der Waals surface area contributed by atoms with Crippen LogP contribution in [0.1, 0.15) is 44.7 Å². The highest BCUT2D eigenvalue weighted by Gasteiger charge is 2.38. The van der Waals surface area contributed by atoms with Gasteiger partial charge in [-0.15, -0.1) is 0 Å². The van der Waals surface area contributed by atoms with Gasteiger partial charge < -0.3 is 0 Å². The first-order valence-electron chi connectivity index (χ1n) is 7.03. The topological polar surface area (TPSA) is 37.4 Å². The Hall–Kier alpha value is -0.870. The zero-order chi connectivity index (χ0) is 14.0. The van der Waals surface area contributed by atoms with Crippen LogP contribution in [0.4, 0.5) is 0 Å². The summed E-state index contributed by atoms with van der Waals surface area (Å²) in [6.45, 7) is 6.14. The third kappa shape index (κ3) is 3.37. The summed E-state index contributed by atoms with van der Waals surface area (Å²) in [5.74, 6) is 0. The van der Waals surface area contributed by atoms with Gasteiger partial charge in [-0.05, 0) is 44.2 Å². The molecule has 19 heavy (non-hydrogen) atoms. The van der Waals surface area contributed by atoms with Crippen LogP contribution in [0, 0.1) is 0 Å². The fourth-order valence-electron chi connectivity index (χ4n) is 2.12. The predicted molar refractivity (Wildman–Crippen MR) is 78.4 cm³/mol. The average Bonchev–Trinajstić information content (AvgIpc) is 3.20. The minimum absolute atomic E-state index is 0.221. The van der Waals surface area contributed by atoms with E-state index in [1.165, 1.54) is 5.56 Å². The van der Waals surface area contributed by atoms with Crippen LogP contribution in [-0.2, 0) is 23.0 Å². The predicted octanol–water partition coefficient (Wildman–Crippen LogP) is 2.95. The zero-order valence-corrected chi connectivity index (χ0v) is 12.8. The van der Waals surface area contributed by atoms with Gasteiger partial charge in [-0.25, -0.2) is 8.42 Å². The molecular formula is C15H23NO2S. The van der Waals surface area contributed by atoms with Crippen LogP contribution >= 0.6 is 0 Å². The molecule has 106 valence electrons. The Labute approximate surface area is 116 Å². The lowest BCUT2D eigenvalue weighted by atomic mass is 10.1. The third-order valence-corrected chi connectivity index (χ3v) is 5.92. The minimum atomic E-state index is -3.16. The highest BCUT2D eigenvalue weighted by Crippen LogP contribution is 2.32. The van der Waals surface area contributed by atoms with Crippen LogP contribution in [0.25, 0.3) is 0 Å². The summed E-state index contributed by atoms with van der Waals surface area (Å²) in [6, 6.07) is 8.48. The molecule has 0 radical (unpaired) electrons. The molecule has 4 heteroatoms. The Morgan fingerprint density at radius 3 is 2.11 bits per heavy atom. The third-order valence-electron chi connectivity index (χ3n) is 3.65. The molecule has 0 heterocycles. The number of aryl methyl sites for hydroxylation is 1. The van der Waals surface area contributed by atoms with E-state index in [1.54, 1.807) is 18.2 Å². The van der Waals surface area contributed by atoms with Gasteiger partial charge in [0.05, 0.1) is 5.25 Å². The van der Waals surface area contributed by atoms with Gasteiger partial charge in [0.25, 0.3) is 0 Å². The van der Waals surface area contributed by atoms with Crippen molar-refractivity contribution in [2.45, 2.75) is 57.9 Å². The lowest BCUT2D eigenvalue weighted by Gasteiger charge is -2.24. The number of hydrogen-bond donors (Lipinski definition) is 0. The summed E-state index contributed by atoms with van der Waals surface area (Å²) in [5, 5.41) is -0.344. The second-order valence-electron chi connectivity index (χ2n) is 5.54. The van der Waals surface area contributed by atoms with Crippen molar-refractivity contribution in [3.05, 3.63) is 35.4 Å². The van der Waals surface area contributed by atoms with E-state index in [0.717, 1.165) is 24.8 Å². The fourth-order valence-corrected chi connectivity index (χ4v) is 3.62. The fraction of sp³-hybridized carbons (Fsp3) is 0.600. The standard InChI is InChI=1S/C15H23NO2S/c1-4-13-5-7-14(8-6-13)11-16(15-9-10-15)19(17,18)12(2)3/h5-8,12,15H,4,9-11H2,1-3H3. The van der Waals surface area contributed by atoms with Crippen molar-refractivity contribution in [3.63, 3.8) is 0 Å². The Kier molecular flexibility index (Phi) is 4.31. The summed E-state index contributed by atoms with van der Waals surface area (Å²) in [5.41, 5.74) is 2.36. The highest BCUT2D eigenvalue weighted by atomic mass is 32.2. The van der Waals surface area contributed by atoms with Crippen LogP contribution in [0.5, 0.6) is 0 Å². The first-order valence-corrected chi connectivity index (χ1v) is 8.54. The molecule has 0 bridgehead atoms. The molecule has 0 aliphatic heterocycles. The van der Waals surface area contributed by atoms with Crippen molar-refractivity contribution in [2.75, 3.05) is 0 Å². The van der Waals surface area contributed by atoms with Crippen LogP contribution in [-0.4, -0.2) is 24.0 Å². The molecular weight excluding hydrogens is 258 g/mol. The molecule has 2 rings (SSSR count). The van der Waals surface area contributed by atoms with E-state index in [4.69, 9.17) is 0 Å². The van der Waals surface area contributed by atoms with Crippen molar-refractivity contribution < 1.29 is 8.42 Å². The highest BCUT2D eigenvalue weighted by molar-refractivity contribution is 7.89. The molecule has 1 aromatic carbocycles. The first kappa shape index (κ1) is 14.5. The van der Waals surface area contributed by atoms with Crippen molar-refractivity contribution in [1.82, 2.24) is 4.31 Å². The monoisotopic (exact) mass is 281 g/mol. The smallest absolute Gasteiger partial charge is 0.212 e. The van der Waals surface area contributed by atoms with Gasteiger partial charge in [0, 0.05) is 12.6 Å². The van der Waals surface area contributed by atoms with E-state index < -0.39 is 10.0 Å². The lowest BCUT2D eigenvalue weighted by Crippen LogP contribution is -2.37. The SMILES string of the molecule is CCc1ccc(CN(C2CC2)S(=O)(=O)C(C)C)cc1. The molecule has 0 atom stereocenters. The molecule has 0 aromatic heterocycles. The van der Waals surface area contributed by atoms with Gasteiger partial charge in [-0.1, -0.05) is 31.2 Å². The first-order chi connectivity index (χ1) is 8.95. The molecule has 1 aliphatic rings. The van der Waals surface area contributed by atoms with Gasteiger partial charge >= 0.3 is 0 Å². The molecule has 3 nitrogen and oxygen atoms in total. The van der Waals surface area contributed by atoms with E-state index >= 15 is 0 Å². The molecule has 0 unspecified atom stereocenters. The minimum Gasteiger partial charge on any atom is -0.212 e. The molecule has 1 fully saturated rings. The maximum absolute atomic E-state index is 12.4. The van der Waals surface area contributed by atoms with E-state index in [1.807, 2.05) is 12.1 Å². The summed E-state index contributed by atoms with van der Waals surface area (Å²) < 4.78 is 26.4. The maximum Gasteiger partial charge on any atom is 0.216 e. The van der Waals surface area contributed by atoms with Crippen LogP contribution in [0.3, 0.4) is 0 Å². The second kappa shape index (κ2) is 5.63. The van der Waals surface area contributed by atoms with Gasteiger partial charge in [-0.3, -0.25) is 0 Å². The van der Waals surface area contributed by atoms with Gasteiger partial charge in [0.2, 0.25) is 10.0 Å². The van der Waals surface area contributed by atoms with Gasteiger partial charge in [0.1, 0.15) is 0 Å². The van der Waals surface area contributed by atoms with E-state index in [2.05, 4.69) is 19.1 Å². The van der Waals surface area contributed by atoms with Gasteiger partial charge in [0.15, 0.2) is 0 Å². The average molecular weight is 281 g/mol. The maximum atomic E-state index is 12.4. The molecule has 0 saturated heterocycles. The number of nitrogens with zero attached hydrogens (tertiary/aromatic N) is 1. The van der Waals surface area contributed by atoms with Crippen molar-refractivity contribution >= 4 is 10.0 Å². The number of benzene rings is 1. The zero-order valence-electron chi connectivity index (χ0n) is 12.0. The van der Waals surface area contributed by atoms with Crippen molar-refractivity contribution in [1.29, 1.82) is 0 Å². The summed E-state index contributed by atoms with van der Waals surface area (Å²) in [6.07, 6.45) is 3.01. The number of sulfonamides is 1.